The summed E-state index contributed by atoms with van der Waals surface area (Å²) in [6, 6.07) is 22.7. The van der Waals surface area contributed by atoms with Gasteiger partial charge < -0.3 is 0 Å². The highest BCUT2D eigenvalue weighted by atomic mass is 32.2. The first-order valence-corrected chi connectivity index (χ1v) is 10.3. The zero-order chi connectivity index (χ0) is 19.2. The molecule has 0 radical (unpaired) electrons. The fourth-order valence-electron chi connectivity index (χ4n) is 3.31. The molecule has 0 unspecified atom stereocenters. The Hall–Kier alpha value is -2.85. The highest BCUT2D eigenvalue weighted by Gasteiger charge is 2.23. The molecule has 136 valence electrons. The van der Waals surface area contributed by atoms with Gasteiger partial charge in [-0.05, 0) is 56.7 Å². The molecule has 0 aliphatic rings. The quantitative estimate of drug-likeness (QED) is 0.476. The maximum absolute atomic E-state index is 13.5. The van der Waals surface area contributed by atoms with Gasteiger partial charge in [-0.1, -0.05) is 59.2 Å². The lowest BCUT2D eigenvalue weighted by Crippen LogP contribution is -2.14. The topological polar surface area (TPSA) is 39.1 Å². The van der Waals surface area contributed by atoms with E-state index in [1.165, 1.54) is 3.97 Å². The van der Waals surface area contributed by atoms with Crippen LogP contribution in [0.25, 0.3) is 22.2 Å². The number of aryl methyl sites for hydroxylation is 3. The molecule has 4 rings (SSSR count). The average molecular weight is 375 g/mol. The van der Waals surface area contributed by atoms with Crippen molar-refractivity contribution in [2.24, 2.45) is 0 Å². The SMILES string of the molecule is Cc1ccc(-c2cc3cc(C)ccc3n2S(=O)(=O)c2ccc(C)cc2)cc1. The summed E-state index contributed by atoms with van der Waals surface area (Å²) in [6.07, 6.45) is 0. The van der Waals surface area contributed by atoms with E-state index in [0.717, 1.165) is 27.6 Å². The normalized spacial score (nSPS) is 11.8. The van der Waals surface area contributed by atoms with Crippen molar-refractivity contribution in [3.05, 3.63) is 89.5 Å². The van der Waals surface area contributed by atoms with Gasteiger partial charge in [0, 0.05) is 5.39 Å². The van der Waals surface area contributed by atoms with Crippen LogP contribution in [0.1, 0.15) is 16.7 Å². The van der Waals surface area contributed by atoms with Gasteiger partial charge in [0.15, 0.2) is 0 Å². The molecule has 0 saturated carbocycles. The molecule has 0 aliphatic heterocycles. The second kappa shape index (κ2) is 6.39. The van der Waals surface area contributed by atoms with Crippen LogP contribution in [-0.4, -0.2) is 12.4 Å². The number of nitrogens with zero attached hydrogens (tertiary/aromatic N) is 1. The van der Waals surface area contributed by atoms with E-state index >= 15 is 0 Å². The third-order valence-electron chi connectivity index (χ3n) is 4.82. The minimum atomic E-state index is -3.72. The summed E-state index contributed by atoms with van der Waals surface area (Å²) in [5.74, 6) is 0. The molecule has 0 bridgehead atoms. The van der Waals surface area contributed by atoms with Crippen molar-refractivity contribution in [3.63, 3.8) is 0 Å². The lowest BCUT2D eigenvalue weighted by molar-refractivity contribution is 0.589. The molecule has 0 amide bonds. The molecular formula is C23H21NO2S. The largest absolute Gasteiger partial charge is 0.268 e. The van der Waals surface area contributed by atoms with E-state index in [-0.39, 0.29) is 0 Å². The highest BCUT2D eigenvalue weighted by molar-refractivity contribution is 7.90. The van der Waals surface area contributed by atoms with Gasteiger partial charge in [-0.3, -0.25) is 0 Å². The molecular weight excluding hydrogens is 354 g/mol. The number of rotatable bonds is 3. The molecule has 4 heteroatoms. The van der Waals surface area contributed by atoms with Gasteiger partial charge in [-0.25, -0.2) is 12.4 Å². The summed E-state index contributed by atoms with van der Waals surface area (Å²) < 4.78 is 28.5. The number of aromatic nitrogens is 1. The van der Waals surface area contributed by atoms with Crippen LogP contribution in [0.5, 0.6) is 0 Å². The predicted octanol–water partition coefficient (Wildman–Crippen LogP) is 5.47. The van der Waals surface area contributed by atoms with Gasteiger partial charge in [0.05, 0.1) is 16.1 Å². The second-order valence-electron chi connectivity index (χ2n) is 7.04. The van der Waals surface area contributed by atoms with Crippen LogP contribution in [0.15, 0.2) is 77.7 Å². The Bertz CT molecular complexity index is 1230. The monoisotopic (exact) mass is 375 g/mol. The first-order valence-electron chi connectivity index (χ1n) is 8.88. The van der Waals surface area contributed by atoms with Gasteiger partial charge in [0.25, 0.3) is 10.0 Å². The summed E-state index contributed by atoms with van der Waals surface area (Å²) in [4.78, 5) is 0.291. The summed E-state index contributed by atoms with van der Waals surface area (Å²) in [6.45, 7) is 5.98. The van der Waals surface area contributed by atoms with Crippen LogP contribution in [0, 0.1) is 20.8 Å². The van der Waals surface area contributed by atoms with Crippen molar-refractivity contribution in [2.45, 2.75) is 25.7 Å². The van der Waals surface area contributed by atoms with Gasteiger partial charge in [0.2, 0.25) is 0 Å². The fraction of sp³-hybridized carbons (Fsp3) is 0.130. The number of hydrogen-bond donors (Lipinski definition) is 0. The Kier molecular flexibility index (Phi) is 4.16. The maximum atomic E-state index is 13.5. The van der Waals surface area contributed by atoms with E-state index in [2.05, 4.69) is 0 Å². The Morgan fingerprint density at radius 1 is 0.667 bits per heavy atom. The smallest absolute Gasteiger partial charge is 0.233 e. The predicted molar refractivity (Wildman–Crippen MR) is 111 cm³/mol. The van der Waals surface area contributed by atoms with Crippen molar-refractivity contribution < 1.29 is 8.42 Å². The Balaban J connectivity index is 2.04. The minimum absolute atomic E-state index is 0.291. The first-order chi connectivity index (χ1) is 12.9. The average Bonchev–Trinajstić information content (AvgIpc) is 3.02. The lowest BCUT2D eigenvalue weighted by atomic mass is 10.1. The molecule has 0 atom stereocenters. The minimum Gasteiger partial charge on any atom is -0.233 e. The van der Waals surface area contributed by atoms with E-state index < -0.39 is 10.0 Å². The fourth-order valence-corrected chi connectivity index (χ4v) is 4.84. The van der Waals surface area contributed by atoms with Crippen LogP contribution in [-0.2, 0) is 10.0 Å². The van der Waals surface area contributed by atoms with E-state index in [0.29, 0.717) is 16.1 Å². The van der Waals surface area contributed by atoms with Crippen LogP contribution in [0.2, 0.25) is 0 Å². The molecule has 1 heterocycles. The third kappa shape index (κ3) is 3.06. The summed E-state index contributed by atoms with van der Waals surface area (Å²) >= 11 is 0. The van der Waals surface area contributed by atoms with Crippen LogP contribution >= 0.6 is 0 Å². The molecule has 0 spiro atoms. The molecule has 0 saturated heterocycles. The molecule has 27 heavy (non-hydrogen) atoms. The van der Waals surface area contributed by atoms with E-state index in [1.807, 2.05) is 81.4 Å². The summed E-state index contributed by atoms with van der Waals surface area (Å²) in [5, 5.41) is 0.918. The second-order valence-corrected chi connectivity index (χ2v) is 8.83. The maximum Gasteiger partial charge on any atom is 0.268 e. The molecule has 3 aromatic carbocycles. The Morgan fingerprint density at radius 3 is 1.85 bits per heavy atom. The molecule has 0 fully saturated rings. The third-order valence-corrected chi connectivity index (χ3v) is 6.56. The molecule has 0 aliphatic carbocycles. The van der Waals surface area contributed by atoms with Gasteiger partial charge in [-0.2, -0.15) is 0 Å². The van der Waals surface area contributed by atoms with E-state index in [9.17, 15) is 8.42 Å². The van der Waals surface area contributed by atoms with Crippen molar-refractivity contribution >= 4 is 20.9 Å². The molecule has 3 nitrogen and oxygen atoms in total. The Labute approximate surface area is 160 Å². The first kappa shape index (κ1) is 17.6. The molecule has 4 aromatic rings. The molecule has 0 N–H and O–H groups in total. The van der Waals surface area contributed by atoms with Gasteiger partial charge >= 0.3 is 0 Å². The van der Waals surface area contributed by atoms with Crippen LogP contribution in [0.3, 0.4) is 0 Å². The van der Waals surface area contributed by atoms with E-state index in [4.69, 9.17) is 0 Å². The zero-order valence-electron chi connectivity index (χ0n) is 15.6. The van der Waals surface area contributed by atoms with Crippen LogP contribution in [0.4, 0.5) is 0 Å². The van der Waals surface area contributed by atoms with Crippen molar-refractivity contribution in [3.8, 4) is 11.3 Å². The van der Waals surface area contributed by atoms with Crippen molar-refractivity contribution in [1.82, 2.24) is 3.97 Å². The van der Waals surface area contributed by atoms with Crippen molar-refractivity contribution in [1.29, 1.82) is 0 Å². The number of benzene rings is 3. The van der Waals surface area contributed by atoms with Gasteiger partial charge in [0.1, 0.15) is 0 Å². The number of hydrogen-bond acceptors (Lipinski definition) is 2. The molecule has 1 aromatic heterocycles. The van der Waals surface area contributed by atoms with Crippen molar-refractivity contribution in [2.75, 3.05) is 0 Å². The lowest BCUT2D eigenvalue weighted by Gasteiger charge is -2.13. The van der Waals surface area contributed by atoms with E-state index in [1.54, 1.807) is 12.1 Å². The Morgan fingerprint density at radius 2 is 1.22 bits per heavy atom. The van der Waals surface area contributed by atoms with Crippen LogP contribution < -0.4 is 0 Å². The van der Waals surface area contributed by atoms with Gasteiger partial charge in [-0.15, -0.1) is 0 Å². The highest BCUT2D eigenvalue weighted by Crippen LogP contribution is 2.33. The standard InChI is InChI=1S/C23H21NO2S/c1-16-4-9-19(10-5-16)23-15-20-14-18(3)8-13-22(20)24(23)27(25,26)21-11-6-17(2)7-12-21/h4-15H,1-3H3. The zero-order valence-corrected chi connectivity index (χ0v) is 16.4. The summed E-state index contributed by atoms with van der Waals surface area (Å²) in [7, 11) is -3.72. The summed E-state index contributed by atoms with van der Waals surface area (Å²) in [5.41, 5.74) is 5.51. The number of fused-ring (bicyclic) bond motifs is 1.